The SMILES string of the molecule is CC(CC(N)CCC(=O)NCC1CCN(C#N)[C@@H]1c1cccnc1)NC(CCC(=O)N=O)C(=O)C(C)(C)O. The van der Waals surface area contributed by atoms with Crippen LogP contribution < -0.4 is 16.4 Å². The second-order valence-electron chi connectivity index (χ2n) is 10.5. The minimum absolute atomic E-state index is 0.0276. The molecule has 0 radical (unpaired) electrons. The molecule has 5 atom stereocenters. The van der Waals surface area contributed by atoms with Crippen LogP contribution in [0.5, 0.6) is 0 Å². The van der Waals surface area contributed by atoms with Crippen molar-refractivity contribution in [1.82, 2.24) is 20.5 Å². The normalized spacial score (nSPS) is 19.7. The molecule has 1 aromatic heterocycles. The van der Waals surface area contributed by atoms with Crippen molar-refractivity contribution in [3.05, 3.63) is 35.0 Å². The summed E-state index contributed by atoms with van der Waals surface area (Å²) in [5, 5.41) is 28.0. The summed E-state index contributed by atoms with van der Waals surface area (Å²) in [6.45, 7) is 5.62. The molecule has 2 amide bonds. The Hall–Kier alpha value is -3.27. The Morgan fingerprint density at radius 3 is 2.68 bits per heavy atom. The number of aromatic nitrogens is 1. The molecule has 12 heteroatoms. The van der Waals surface area contributed by atoms with Crippen LogP contribution in [0.3, 0.4) is 0 Å². The molecule has 1 aliphatic rings. The quantitative estimate of drug-likeness (QED) is 0.190. The van der Waals surface area contributed by atoms with Crippen LogP contribution in [0.1, 0.15) is 70.9 Å². The number of nitrogens with zero attached hydrogens (tertiary/aromatic N) is 4. The van der Waals surface area contributed by atoms with Crippen molar-refractivity contribution in [1.29, 1.82) is 5.26 Å². The second-order valence-corrected chi connectivity index (χ2v) is 10.5. The highest BCUT2D eigenvalue weighted by atomic mass is 16.3. The lowest BCUT2D eigenvalue weighted by molar-refractivity contribution is -0.136. The molecule has 0 bridgehead atoms. The van der Waals surface area contributed by atoms with Crippen molar-refractivity contribution in [3.63, 3.8) is 0 Å². The van der Waals surface area contributed by atoms with E-state index in [-0.39, 0.29) is 49.2 Å². The van der Waals surface area contributed by atoms with Crippen LogP contribution in [0.4, 0.5) is 0 Å². The topological polar surface area (TPSA) is 191 Å². The van der Waals surface area contributed by atoms with Crippen LogP contribution in [0.15, 0.2) is 29.7 Å². The second kappa shape index (κ2) is 14.6. The molecular weight excluding hydrogens is 490 g/mol. The van der Waals surface area contributed by atoms with Gasteiger partial charge in [0, 0.05) is 61.5 Å². The lowest BCUT2D eigenvalue weighted by atomic mass is 9.92. The van der Waals surface area contributed by atoms with Gasteiger partial charge in [-0.3, -0.25) is 19.4 Å². The molecule has 38 heavy (non-hydrogen) atoms. The Labute approximate surface area is 223 Å². The van der Waals surface area contributed by atoms with Gasteiger partial charge in [0.05, 0.1) is 12.1 Å². The predicted octanol–water partition coefficient (Wildman–Crippen LogP) is 1.30. The van der Waals surface area contributed by atoms with Gasteiger partial charge in [0.25, 0.3) is 5.91 Å². The van der Waals surface area contributed by atoms with Gasteiger partial charge in [0.1, 0.15) is 5.60 Å². The first-order chi connectivity index (χ1) is 18.0. The van der Waals surface area contributed by atoms with E-state index >= 15 is 0 Å². The summed E-state index contributed by atoms with van der Waals surface area (Å²) in [6.07, 6.45) is 7.37. The fourth-order valence-electron chi connectivity index (χ4n) is 4.85. The van der Waals surface area contributed by atoms with E-state index in [4.69, 9.17) is 5.73 Å². The zero-order valence-corrected chi connectivity index (χ0v) is 22.3. The zero-order valence-electron chi connectivity index (χ0n) is 22.3. The smallest absolute Gasteiger partial charge is 0.286 e. The molecule has 1 aromatic rings. The predicted molar refractivity (Wildman–Crippen MR) is 140 cm³/mol. The first-order valence-electron chi connectivity index (χ1n) is 12.9. The average molecular weight is 530 g/mol. The van der Waals surface area contributed by atoms with Crippen molar-refractivity contribution in [3.8, 4) is 6.19 Å². The molecule has 1 aliphatic heterocycles. The first-order valence-corrected chi connectivity index (χ1v) is 12.9. The van der Waals surface area contributed by atoms with E-state index in [1.165, 1.54) is 13.8 Å². The molecule has 2 rings (SSSR count). The Morgan fingerprint density at radius 1 is 1.34 bits per heavy atom. The van der Waals surface area contributed by atoms with Gasteiger partial charge < -0.3 is 26.4 Å². The number of nitroso groups, excluding NO2 is 1. The number of rotatable bonds is 15. The van der Waals surface area contributed by atoms with E-state index in [1.807, 2.05) is 19.1 Å². The van der Waals surface area contributed by atoms with Crippen LogP contribution in [-0.4, -0.2) is 69.4 Å². The van der Waals surface area contributed by atoms with Crippen LogP contribution in [0, 0.1) is 22.3 Å². The maximum absolute atomic E-state index is 12.6. The van der Waals surface area contributed by atoms with Gasteiger partial charge in [-0.1, -0.05) is 6.07 Å². The Kier molecular flexibility index (Phi) is 11.9. The molecule has 1 fully saturated rings. The third-order valence-electron chi connectivity index (χ3n) is 6.79. The highest BCUT2D eigenvalue weighted by molar-refractivity contribution is 5.91. The summed E-state index contributed by atoms with van der Waals surface area (Å²) >= 11 is 0. The maximum Gasteiger partial charge on any atom is 0.286 e. The maximum atomic E-state index is 12.6. The number of pyridine rings is 1. The number of nitrogens with one attached hydrogen (secondary N) is 2. The van der Waals surface area contributed by atoms with Crippen LogP contribution >= 0.6 is 0 Å². The van der Waals surface area contributed by atoms with Crippen molar-refractivity contribution >= 4 is 17.6 Å². The standard InChI is InChI=1S/C26H39N7O5/c1-17(31-21(7-9-23(35)32-38)25(36)26(2,3)37)13-20(28)6-8-22(34)30-15-19-10-12-33(16-27)24(19)18-5-4-11-29-14-18/h4-5,11,14,17,19-21,24,31,37H,6-10,12-13,15,28H2,1-3H3,(H,30,34)/t17?,19?,20?,21?,24-/m1/s1. The van der Waals surface area contributed by atoms with E-state index in [2.05, 4.69) is 27.0 Å². The number of ketones is 1. The van der Waals surface area contributed by atoms with Crippen LogP contribution in [0.25, 0.3) is 0 Å². The minimum atomic E-state index is -1.62. The molecule has 0 aromatic carbocycles. The van der Waals surface area contributed by atoms with Crippen molar-refractivity contribution in [2.45, 2.75) is 89.1 Å². The van der Waals surface area contributed by atoms with Crippen molar-refractivity contribution < 1.29 is 19.5 Å². The zero-order chi connectivity index (χ0) is 28.3. The molecule has 1 saturated heterocycles. The number of nitriles is 1. The minimum Gasteiger partial charge on any atom is -0.383 e. The van der Waals surface area contributed by atoms with Crippen molar-refractivity contribution in [2.24, 2.45) is 16.8 Å². The molecular formula is C26H39N7O5. The van der Waals surface area contributed by atoms with E-state index < -0.39 is 23.3 Å². The summed E-state index contributed by atoms with van der Waals surface area (Å²) in [6, 6.07) is 2.22. The van der Waals surface area contributed by atoms with Crippen LogP contribution in [-0.2, 0) is 14.4 Å². The van der Waals surface area contributed by atoms with Gasteiger partial charge in [0.15, 0.2) is 12.0 Å². The molecule has 0 aliphatic carbocycles. The largest absolute Gasteiger partial charge is 0.383 e. The summed E-state index contributed by atoms with van der Waals surface area (Å²) < 4.78 is 0. The van der Waals surface area contributed by atoms with Gasteiger partial charge in [-0.15, -0.1) is 4.91 Å². The first kappa shape index (κ1) is 31.0. The van der Waals surface area contributed by atoms with Gasteiger partial charge in [0.2, 0.25) is 5.91 Å². The highest BCUT2D eigenvalue weighted by Gasteiger charge is 2.35. The number of likely N-dealkylation sites (tertiary alicyclic amines) is 1. The highest BCUT2D eigenvalue weighted by Crippen LogP contribution is 2.35. The molecule has 208 valence electrons. The van der Waals surface area contributed by atoms with E-state index in [9.17, 15) is 29.7 Å². The lowest BCUT2D eigenvalue weighted by Crippen LogP contribution is -2.51. The molecule has 4 unspecified atom stereocenters. The van der Waals surface area contributed by atoms with Crippen LogP contribution in [0.2, 0.25) is 0 Å². The summed E-state index contributed by atoms with van der Waals surface area (Å²) in [4.78, 5) is 52.7. The van der Waals surface area contributed by atoms with Gasteiger partial charge >= 0.3 is 0 Å². The summed E-state index contributed by atoms with van der Waals surface area (Å²) in [7, 11) is 0. The average Bonchev–Trinajstić information content (AvgIpc) is 3.30. The third-order valence-corrected chi connectivity index (χ3v) is 6.79. The number of Topliss-reactive ketones (excluding diaryl/α,β-unsaturated/α-hetero) is 1. The summed E-state index contributed by atoms with van der Waals surface area (Å²) in [5.41, 5.74) is 5.57. The molecule has 5 N–H and O–H groups in total. The van der Waals surface area contributed by atoms with Gasteiger partial charge in [-0.25, -0.2) is 0 Å². The van der Waals surface area contributed by atoms with Crippen molar-refractivity contribution in [2.75, 3.05) is 13.1 Å². The Balaban J connectivity index is 1.81. The lowest BCUT2D eigenvalue weighted by Gasteiger charge is -2.28. The summed E-state index contributed by atoms with van der Waals surface area (Å²) in [5.74, 6) is -1.40. The number of amides is 2. The Bertz CT molecular complexity index is 992. The fourth-order valence-corrected chi connectivity index (χ4v) is 4.85. The van der Waals surface area contributed by atoms with E-state index in [0.29, 0.717) is 25.9 Å². The third kappa shape index (κ3) is 9.55. The molecule has 0 spiro atoms. The number of nitrogens with two attached hydrogens (primary N) is 1. The van der Waals surface area contributed by atoms with E-state index in [1.54, 1.807) is 17.3 Å². The van der Waals surface area contributed by atoms with Gasteiger partial charge in [-0.2, -0.15) is 5.26 Å². The Morgan fingerprint density at radius 2 is 2.08 bits per heavy atom. The number of hydrogen-bond donors (Lipinski definition) is 4. The molecule has 0 saturated carbocycles. The fraction of sp³-hybridized carbons (Fsp3) is 0.654. The molecule has 2 heterocycles. The van der Waals surface area contributed by atoms with E-state index in [0.717, 1.165) is 12.0 Å². The number of carbonyl (C=O) groups is 3. The van der Waals surface area contributed by atoms with Gasteiger partial charge in [-0.05, 0) is 58.1 Å². The number of aliphatic hydroxyl groups is 1. The number of carbonyl (C=O) groups excluding carboxylic acids is 3. The monoisotopic (exact) mass is 529 g/mol. The number of hydrogen-bond acceptors (Lipinski definition) is 10. The molecule has 12 nitrogen and oxygen atoms in total.